The van der Waals surface area contributed by atoms with Crippen molar-refractivity contribution in [1.82, 2.24) is 16.0 Å². The number of carbonyl (C=O) groups is 4. The van der Waals surface area contributed by atoms with Gasteiger partial charge in [0.05, 0.1) is 0 Å². The fourth-order valence-corrected chi connectivity index (χ4v) is 1.68. The number of carbonyl (C=O) groups excluding carboxylic acids is 4. The van der Waals surface area contributed by atoms with Crippen LogP contribution in [0.3, 0.4) is 0 Å². The summed E-state index contributed by atoms with van der Waals surface area (Å²) in [6, 6.07) is -1.62. The van der Waals surface area contributed by atoms with Crippen molar-refractivity contribution in [2.45, 2.75) is 58.2 Å². The van der Waals surface area contributed by atoms with E-state index in [1.54, 1.807) is 20.8 Å². The minimum atomic E-state index is -0.856. The van der Waals surface area contributed by atoms with Crippen molar-refractivity contribution in [3.8, 4) is 0 Å². The summed E-state index contributed by atoms with van der Waals surface area (Å²) >= 11 is 0. The Morgan fingerprint density at radius 3 is 2.48 bits per heavy atom. The van der Waals surface area contributed by atoms with Crippen LogP contribution < -0.4 is 16.0 Å². The van der Waals surface area contributed by atoms with Crippen molar-refractivity contribution in [2.24, 2.45) is 0 Å². The smallest absolute Gasteiger partial charge is 0.408 e. The zero-order valence-electron chi connectivity index (χ0n) is 12.6. The molecule has 0 aromatic rings. The van der Waals surface area contributed by atoms with Gasteiger partial charge in [0, 0.05) is 6.42 Å². The second-order valence-electron chi connectivity index (χ2n) is 5.88. The van der Waals surface area contributed by atoms with Crippen LogP contribution in [0.15, 0.2) is 0 Å². The van der Waals surface area contributed by atoms with Gasteiger partial charge in [-0.2, -0.15) is 0 Å². The summed E-state index contributed by atoms with van der Waals surface area (Å²) < 4.78 is 5.03. The molecule has 1 aliphatic heterocycles. The Balaban J connectivity index is 2.46. The number of alkyl carbamates (subject to hydrolysis) is 1. The van der Waals surface area contributed by atoms with E-state index < -0.39 is 35.6 Å². The van der Waals surface area contributed by atoms with E-state index in [9.17, 15) is 19.2 Å². The molecule has 2 atom stereocenters. The Morgan fingerprint density at radius 1 is 1.33 bits per heavy atom. The predicted molar refractivity (Wildman–Crippen MR) is 73.1 cm³/mol. The van der Waals surface area contributed by atoms with Crippen molar-refractivity contribution in [3.05, 3.63) is 0 Å². The number of hydrogen-bond donors (Lipinski definition) is 3. The summed E-state index contributed by atoms with van der Waals surface area (Å²) in [4.78, 5) is 45.9. The Labute approximate surface area is 123 Å². The third kappa shape index (κ3) is 5.80. The maximum absolute atomic E-state index is 11.9. The van der Waals surface area contributed by atoms with Crippen molar-refractivity contribution in [1.29, 1.82) is 0 Å². The second-order valence-corrected chi connectivity index (χ2v) is 5.88. The maximum Gasteiger partial charge on any atom is 0.408 e. The SMILES string of the molecule is C[C@H](NC(=O)OC(C)(C)C)C(=O)N[C@H]1CCC(=O)NC1=O. The summed E-state index contributed by atoms with van der Waals surface area (Å²) in [7, 11) is 0. The molecule has 0 radical (unpaired) electrons. The molecule has 8 heteroatoms. The number of imide groups is 1. The van der Waals surface area contributed by atoms with Crippen LogP contribution in [0.25, 0.3) is 0 Å². The monoisotopic (exact) mass is 299 g/mol. The molecule has 1 fully saturated rings. The van der Waals surface area contributed by atoms with Crippen LogP contribution >= 0.6 is 0 Å². The molecule has 0 bridgehead atoms. The Kier molecular flexibility index (Phi) is 5.28. The highest BCUT2D eigenvalue weighted by Crippen LogP contribution is 2.07. The minimum absolute atomic E-state index is 0.171. The van der Waals surface area contributed by atoms with Crippen molar-refractivity contribution < 1.29 is 23.9 Å². The molecule has 1 aliphatic rings. The fraction of sp³-hybridized carbons (Fsp3) is 0.692. The Morgan fingerprint density at radius 2 is 1.95 bits per heavy atom. The summed E-state index contributed by atoms with van der Waals surface area (Å²) in [5.41, 5.74) is -0.663. The van der Waals surface area contributed by atoms with E-state index in [1.807, 2.05) is 0 Å². The van der Waals surface area contributed by atoms with Gasteiger partial charge in [-0.3, -0.25) is 19.7 Å². The van der Waals surface area contributed by atoms with Crippen LogP contribution in [-0.2, 0) is 19.1 Å². The van der Waals surface area contributed by atoms with Crippen molar-refractivity contribution >= 4 is 23.8 Å². The molecule has 118 valence electrons. The zero-order chi connectivity index (χ0) is 16.2. The number of rotatable bonds is 3. The third-order valence-electron chi connectivity index (χ3n) is 2.68. The van der Waals surface area contributed by atoms with E-state index in [4.69, 9.17) is 4.74 Å². The minimum Gasteiger partial charge on any atom is -0.444 e. The number of piperidine rings is 1. The average Bonchev–Trinajstić information content (AvgIpc) is 2.29. The number of nitrogens with one attached hydrogen (secondary N) is 3. The van der Waals surface area contributed by atoms with Gasteiger partial charge in [-0.1, -0.05) is 0 Å². The molecule has 0 aliphatic carbocycles. The van der Waals surface area contributed by atoms with Crippen LogP contribution in [0.4, 0.5) is 4.79 Å². The van der Waals surface area contributed by atoms with Crippen LogP contribution in [0.2, 0.25) is 0 Å². The van der Waals surface area contributed by atoms with Crippen LogP contribution in [0.1, 0.15) is 40.5 Å². The quantitative estimate of drug-likeness (QED) is 0.626. The molecule has 8 nitrogen and oxygen atoms in total. The van der Waals surface area contributed by atoms with Gasteiger partial charge < -0.3 is 15.4 Å². The summed E-state index contributed by atoms with van der Waals surface area (Å²) in [6.45, 7) is 6.60. The molecule has 0 saturated carbocycles. The molecule has 1 rings (SSSR count). The van der Waals surface area contributed by atoms with E-state index in [0.29, 0.717) is 0 Å². The van der Waals surface area contributed by atoms with Crippen LogP contribution in [-0.4, -0.2) is 41.5 Å². The lowest BCUT2D eigenvalue weighted by molar-refractivity contribution is -0.137. The molecule has 0 aromatic carbocycles. The van der Waals surface area contributed by atoms with Gasteiger partial charge in [0.2, 0.25) is 17.7 Å². The summed E-state index contributed by atoms with van der Waals surface area (Å²) in [6.07, 6.45) is -0.298. The van der Waals surface area contributed by atoms with Gasteiger partial charge in [0.15, 0.2) is 0 Å². The van der Waals surface area contributed by atoms with Gasteiger partial charge in [-0.05, 0) is 34.1 Å². The van der Waals surface area contributed by atoms with Gasteiger partial charge in [0.25, 0.3) is 0 Å². The zero-order valence-corrected chi connectivity index (χ0v) is 12.6. The van der Waals surface area contributed by atoms with E-state index in [0.717, 1.165) is 0 Å². The van der Waals surface area contributed by atoms with E-state index in [-0.39, 0.29) is 18.7 Å². The first-order valence-electron chi connectivity index (χ1n) is 6.72. The summed E-state index contributed by atoms with van der Waals surface area (Å²) in [5.74, 6) is -1.41. The molecule has 1 saturated heterocycles. The van der Waals surface area contributed by atoms with E-state index in [1.165, 1.54) is 6.92 Å². The largest absolute Gasteiger partial charge is 0.444 e. The van der Waals surface area contributed by atoms with Crippen LogP contribution in [0, 0.1) is 0 Å². The highest BCUT2D eigenvalue weighted by atomic mass is 16.6. The molecule has 1 heterocycles. The van der Waals surface area contributed by atoms with E-state index in [2.05, 4.69) is 16.0 Å². The maximum atomic E-state index is 11.9. The normalized spacial score (nSPS) is 20.3. The topological polar surface area (TPSA) is 114 Å². The Bertz CT molecular complexity index is 455. The average molecular weight is 299 g/mol. The highest BCUT2D eigenvalue weighted by molar-refractivity contribution is 6.02. The standard InChI is InChI=1S/C13H21N3O5/c1-7(14-12(20)21-13(2,3)4)10(18)15-8-5-6-9(17)16-11(8)19/h7-8H,5-6H2,1-4H3,(H,14,20)(H,15,18)(H,16,17,19)/t7-,8-/m0/s1. The van der Waals surface area contributed by atoms with Crippen molar-refractivity contribution in [3.63, 3.8) is 0 Å². The molecule has 21 heavy (non-hydrogen) atoms. The number of amides is 4. The van der Waals surface area contributed by atoms with Crippen molar-refractivity contribution in [2.75, 3.05) is 0 Å². The van der Waals surface area contributed by atoms with Gasteiger partial charge >= 0.3 is 6.09 Å². The van der Waals surface area contributed by atoms with Crippen LogP contribution in [0.5, 0.6) is 0 Å². The molecular weight excluding hydrogens is 278 g/mol. The number of hydrogen-bond acceptors (Lipinski definition) is 5. The van der Waals surface area contributed by atoms with E-state index >= 15 is 0 Å². The lowest BCUT2D eigenvalue weighted by Gasteiger charge is -2.25. The first kappa shape index (κ1) is 16.9. The molecule has 0 aromatic heterocycles. The lowest BCUT2D eigenvalue weighted by Crippen LogP contribution is -2.56. The third-order valence-corrected chi connectivity index (χ3v) is 2.68. The lowest BCUT2D eigenvalue weighted by atomic mass is 10.1. The van der Waals surface area contributed by atoms with Gasteiger partial charge in [-0.15, -0.1) is 0 Å². The molecule has 4 amide bonds. The number of ether oxygens (including phenoxy) is 1. The molecular formula is C13H21N3O5. The first-order valence-corrected chi connectivity index (χ1v) is 6.72. The highest BCUT2D eigenvalue weighted by Gasteiger charge is 2.29. The molecule has 0 spiro atoms. The summed E-state index contributed by atoms with van der Waals surface area (Å²) in [5, 5.41) is 7.00. The second kappa shape index (κ2) is 6.55. The van der Waals surface area contributed by atoms with Gasteiger partial charge in [-0.25, -0.2) is 4.79 Å². The fourth-order valence-electron chi connectivity index (χ4n) is 1.68. The van der Waals surface area contributed by atoms with Gasteiger partial charge in [0.1, 0.15) is 17.7 Å². The molecule has 0 unspecified atom stereocenters. The molecule has 3 N–H and O–H groups in total. The predicted octanol–water partition coefficient (Wildman–Crippen LogP) is -0.179. The Hall–Kier alpha value is -2.12. The first-order chi connectivity index (χ1) is 9.58.